The van der Waals surface area contributed by atoms with Crippen LogP contribution in [0.1, 0.15) is 17.7 Å². The summed E-state index contributed by atoms with van der Waals surface area (Å²) in [4.78, 5) is 6.77. The van der Waals surface area contributed by atoms with Crippen molar-refractivity contribution in [3.05, 3.63) is 29.6 Å². The van der Waals surface area contributed by atoms with E-state index in [2.05, 4.69) is 16.9 Å². The molecule has 0 aliphatic heterocycles. The summed E-state index contributed by atoms with van der Waals surface area (Å²) in [6.07, 6.45) is 2.72. The van der Waals surface area contributed by atoms with Crippen LogP contribution in [0.2, 0.25) is 0 Å². The van der Waals surface area contributed by atoms with Crippen molar-refractivity contribution < 1.29 is 4.74 Å². The lowest BCUT2D eigenvalue weighted by Gasteiger charge is -2.17. The standard InChI is InChI=1S/C12H19N3OS/c1-15(7-4-8-16-2)9-10-5-3-6-14-11(10)12(13)17/h3,5-6H,4,7-9H2,1-2H3,(H2,13,17). The van der Waals surface area contributed by atoms with Crippen molar-refractivity contribution in [1.29, 1.82) is 0 Å². The number of aromatic nitrogens is 1. The fraction of sp³-hybridized carbons (Fsp3) is 0.500. The molecule has 1 aromatic rings. The first kappa shape index (κ1) is 14.0. The van der Waals surface area contributed by atoms with Crippen molar-refractivity contribution in [2.45, 2.75) is 13.0 Å². The van der Waals surface area contributed by atoms with E-state index in [0.717, 1.165) is 37.4 Å². The topological polar surface area (TPSA) is 51.4 Å². The monoisotopic (exact) mass is 253 g/mol. The summed E-state index contributed by atoms with van der Waals surface area (Å²) in [6.45, 7) is 2.54. The quantitative estimate of drug-likeness (QED) is 0.584. The Morgan fingerprint density at radius 2 is 2.35 bits per heavy atom. The van der Waals surface area contributed by atoms with E-state index in [-0.39, 0.29) is 0 Å². The summed E-state index contributed by atoms with van der Waals surface area (Å²) >= 11 is 4.99. The van der Waals surface area contributed by atoms with Gasteiger partial charge in [-0.1, -0.05) is 18.3 Å². The highest BCUT2D eigenvalue weighted by Gasteiger charge is 2.08. The third-order valence-electron chi connectivity index (χ3n) is 2.45. The lowest BCUT2D eigenvalue weighted by atomic mass is 10.2. The van der Waals surface area contributed by atoms with Crippen LogP contribution in [0.4, 0.5) is 0 Å². The van der Waals surface area contributed by atoms with Gasteiger partial charge in [-0.2, -0.15) is 0 Å². The van der Waals surface area contributed by atoms with Crippen LogP contribution in [0.3, 0.4) is 0 Å². The first-order valence-corrected chi connectivity index (χ1v) is 5.97. The molecular weight excluding hydrogens is 234 g/mol. The summed E-state index contributed by atoms with van der Waals surface area (Å²) < 4.78 is 5.02. The minimum absolute atomic E-state index is 0.353. The minimum atomic E-state index is 0.353. The first-order valence-electron chi connectivity index (χ1n) is 5.56. The van der Waals surface area contributed by atoms with Crippen LogP contribution in [0.15, 0.2) is 18.3 Å². The maximum absolute atomic E-state index is 5.64. The molecule has 5 heteroatoms. The summed E-state index contributed by atoms with van der Waals surface area (Å²) in [5, 5.41) is 0. The fourth-order valence-electron chi connectivity index (χ4n) is 1.64. The van der Waals surface area contributed by atoms with E-state index in [1.54, 1.807) is 13.3 Å². The fourth-order valence-corrected chi connectivity index (χ4v) is 1.82. The predicted octanol–water partition coefficient (Wildman–Crippen LogP) is 1.18. The number of rotatable bonds is 7. The Labute approximate surface area is 108 Å². The van der Waals surface area contributed by atoms with Gasteiger partial charge >= 0.3 is 0 Å². The molecule has 0 atom stereocenters. The Kier molecular flexibility index (Phi) is 6.04. The van der Waals surface area contributed by atoms with Crippen LogP contribution in [-0.2, 0) is 11.3 Å². The van der Waals surface area contributed by atoms with Gasteiger partial charge in [-0.3, -0.25) is 4.98 Å². The van der Waals surface area contributed by atoms with Gasteiger partial charge in [0, 0.05) is 33.0 Å². The van der Waals surface area contributed by atoms with E-state index in [4.69, 9.17) is 22.7 Å². The molecule has 0 fully saturated rings. The molecule has 17 heavy (non-hydrogen) atoms. The summed E-state index contributed by atoms with van der Waals surface area (Å²) in [5.41, 5.74) is 7.43. The van der Waals surface area contributed by atoms with Crippen LogP contribution in [0.5, 0.6) is 0 Å². The highest BCUT2D eigenvalue weighted by molar-refractivity contribution is 7.80. The van der Waals surface area contributed by atoms with Crippen molar-refractivity contribution in [2.24, 2.45) is 5.73 Å². The highest BCUT2D eigenvalue weighted by Crippen LogP contribution is 2.08. The zero-order valence-electron chi connectivity index (χ0n) is 10.3. The van der Waals surface area contributed by atoms with E-state index < -0.39 is 0 Å². The molecule has 1 heterocycles. The number of ether oxygens (including phenoxy) is 1. The van der Waals surface area contributed by atoms with Gasteiger partial charge in [-0.15, -0.1) is 0 Å². The molecule has 1 rings (SSSR count). The van der Waals surface area contributed by atoms with Crippen molar-refractivity contribution >= 4 is 17.2 Å². The molecule has 4 nitrogen and oxygen atoms in total. The van der Waals surface area contributed by atoms with Gasteiger partial charge in [0.25, 0.3) is 0 Å². The maximum Gasteiger partial charge on any atom is 0.123 e. The smallest absolute Gasteiger partial charge is 0.123 e. The summed E-state index contributed by atoms with van der Waals surface area (Å²) in [5.74, 6) is 0. The minimum Gasteiger partial charge on any atom is -0.388 e. The molecule has 94 valence electrons. The molecular formula is C12H19N3OS. The molecule has 1 aromatic heterocycles. The summed E-state index contributed by atoms with van der Waals surface area (Å²) in [7, 11) is 3.78. The van der Waals surface area contributed by atoms with Gasteiger partial charge in [0.1, 0.15) is 10.7 Å². The van der Waals surface area contributed by atoms with Gasteiger partial charge in [0.15, 0.2) is 0 Å². The average molecular weight is 253 g/mol. The Morgan fingerprint density at radius 1 is 1.59 bits per heavy atom. The Morgan fingerprint density at radius 3 is 3.00 bits per heavy atom. The molecule has 0 radical (unpaired) electrons. The molecule has 0 spiro atoms. The van der Waals surface area contributed by atoms with E-state index in [1.807, 2.05) is 12.1 Å². The van der Waals surface area contributed by atoms with Gasteiger partial charge in [-0.25, -0.2) is 0 Å². The SMILES string of the molecule is COCCCN(C)Cc1cccnc1C(N)=S. The number of thiocarbonyl (C=S) groups is 1. The maximum atomic E-state index is 5.64. The third kappa shape index (κ3) is 4.77. The molecule has 0 aliphatic rings. The largest absolute Gasteiger partial charge is 0.388 e. The zero-order valence-corrected chi connectivity index (χ0v) is 11.2. The molecule has 0 saturated heterocycles. The molecule has 0 saturated carbocycles. The lowest BCUT2D eigenvalue weighted by molar-refractivity contribution is 0.178. The number of nitrogens with two attached hydrogens (primary N) is 1. The van der Waals surface area contributed by atoms with E-state index >= 15 is 0 Å². The number of pyridine rings is 1. The molecule has 0 aliphatic carbocycles. The molecule has 0 unspecified atom stereocenters. The normalized spacial score (nSPS) is 10.8. The predicted molar refractivity (Wildman–Crippen MR) is 73.0 cm³/mol. The number of nitrogens with zero attached hydrogens (tertiary/aromatic N) is 2. The third-order valence-corrected chi connectivity index (χ3v) is 2.65. The van der Waals surface area contributed by atoms with Gasteiger partial charge in [-0.05, 0) is 25.1 Å². The van der Waals surface area contributed by atoms with Crippen molar-refractivity contribution in [2.75, 3.05) is 27.3 Å². The lowest BCUT2D eigenvalue weighted by Crippen LogP contribution is -2.23. The molecule has 2 N–H and O–H groups in total. The number of hydrogen-bond donors (Lipinski definition) is 1. The molecule has 0 aromatic carbocycles. The highest BCUT2D eigenvalue weighted by atomic mass is 32.1. The zero-order chi connectivity index (χ0) is 12.7. The van der Waals surface area contributed by atoms with Crippen LogP contribution < -0.4 is 5.73 Å². The molecule has 0 amide bonds. The summed E-state index contributed by atoms with van der Waals surface area (Å²) in [6, 6.07) is 3.91. The van der Waals surface area contributed by atoms with Gasteiger partial charge in [0.05, 0.1) is 0 Å². The first-order chi connectivity index (χ1) is 8.15. The van der Waals surface area contributed by atoms with Gasteiger partial charge in [0.2, 0.25) is 0 Å². The van der Waals surface area contributed by atoms with Crippen LogP contribution in [-0.4, -0.2) is 42.2 Å². The second-order valence-corrected chi connectivity index (χ2v) is 4.40. The van der Waals surface area contributed by atoms with Crippen LogP contribution in [0.25, 0.3) is 0 Å². The number of hydrogen-bond acceptors (Lipinski definition) is 4. The number of methoxy groups -OCH3 is 1. The Balaban J connectivity index is 2.58. The average Bonchev–Trinajstić information content (AvgIpc) is 2.29. The van der Waals surface area contributed by atoms with Crippen molar-refractivity contribution in [3.8, 4) is 0 Å². The van der Waals surface area contributed by atoms with Crippen molar-refractivity contribution in [1.82, 2.24) is 9.88 Å². The van der Waals surface area contributed by atoms with Crippen LogP contribution >= 0.6 is 12.2 Å². The Hall–Kier alpha value is -1.04. The van der Waals surface area contributed by atoms with Crippen molar-refractivity contribution in [3.63, 3.8) is 0 Å². The van der Waals surface area contributed by atoms with E-state index in [9.17, 15) is 0 Å². The van der Waals surface area contributed by atoms with Crippen LogP contribution in [0, 0.1) is 0 Å². The van der Waals surface area contributed by atoms with E-state index in [1.165, 1.54) is 0 Å². The second-order valence-electron chi connectivity index (χ2n) is 3.96. The van der Waals surface area contributed by atoms with E-state index in [0.29, 0.717) is 4.99 Å². The molecule has 0 bridgehead atoms. The Bertz CT molecular complexity index is 371. The second kappa shape index (κ2) is 7.32. The van der Waals surface area contributed by atoms with Gasteiger partial charge < -0.3 is 15.4 Å².